The Balaban J connectivity index is 1.78. The van der Waals surface area contributed by atoms with Crippen molar-refractivity contribution in [3.63, 3.8) is 0 Å². The summed E-state index contributed by atoms with van der Waals surface area (Å²) in [5.41, 5.74) is 1.28. The van der Waals surface area contributed by atoms with E-state index >= 15 is 4.39 Å². The van der Waals surface area contributed by atoms with E-state index in [9.17, 15) is 0 Å². The Hall–Kier alpha value is -3.67. The Labute approximate surface area is 183 Å². The van der Waals surface area contributed by atoms with Crippen LogP contribution in [0.25, 0.3) is 0 Å². The molecule has 31 heavy (non-hydrogen) atoms. The molecule has 0 saturated heterocycles. The third kappa shape index (κ3) is 4.91. The second kappa shape index (κ2) is 9.89. The smallest absolute Gasteiger partial charge is 0.187 e. The molecule has 0 aliphatic heterocycles. The molecule has 0 spiro atoms. The van der Waals surface area contributed by atoms with Gasteiger partial charge < -0.3 is 0 Å². The third-order valence-electron chi connectivity index (χ3n) is 5.27. The van der Waals surface area contributed by atoms with Crippen LogP contribution in [0.4, 0.5) is 4.39 Å². The van der Waals surface area contributed by atoms with Crippen molar-refractivity contribution in [2.45, 2.75) is 18.3 Å². The summed E-state index contributed by atoms with van der Waals surface area (Å²) in [7, 11) is 0. The second-order valence-corrected chi connectivity index (χ2v) is 7.38. The van der Waals surface area contributed by atoms with Gasteiger partial charge in [0, 0.05) is 12.1 Å². The molecule has 1 unspecified atom stereocenters. The van der Waals surface area contributed by atoms with E-state index in [1.54, 1.807) is 0 Å². The highest BCUT2D eigenvalue weighted by molar-refractivity contribution is 5.44. The van der Waals surface area contributed by atoms with Crippen molar-refractivity contribution >= 4 is 0 Å². The van der Waals surface area contributed by atoms with E-state index < -0.39 is 11.7 Å². The molecule has 0 aliphatic carbocycles. The van der Waals surface area contributed by atoms with Gasteiger partial charge in [-0.2, -0.15) is 0 Å². The van der Waals surface area contributed by atoms with Gasteiger partial charge in [0.1, 0.15) is 6.04 Å². The maximum absolute atomic E-state index is 17.2. The Bertz CT molecular complexity index is 1090. The maximum Gasteiger partial charge on any atom is 0.187 e. The van der Waals surface area contributed by atoms with Crippen LogP contribution < -0.4 is 5.32 Å². The molecule has 4 aromatic rings. The van der Waals surface area contributed by atoms with Crippen LogP contribution in [0.3, 0.4) is 0 Å². The SMILES string of the molecule is FC(c1ccccc1)(c1ccccc1)C(C#Cc1ccccc1)NCc1ccccc1. The minimum atomic E-state index is -1.82. The van der Waals surface area contributed by atoms with Crippen molar-refractivity contribution in [2.75, 3.05) is 0 Å². The molecular formula is C29H24FN. The normalized spacial score (nSPS) is 11.9. The highest BCUT2D eigenvalue weighted by atomic mass is 19.1. The second-order valence-electron chi connectivity index (χ2n) is 7.38. The van der Waals surface area contributed by atoms with Gasteiger partial charge in [0.15, 0.2) is 5.67 Å². The standard InChI is InChI=1S/C29H24FN/c30-29(26-17-9-3-10-18-26,27-19-11-4-12-20-27)28(22-21-24-13-5-1-6-14-24)31-23-25-15-7-2-8-16-25/h1-20,28,31H,23H2. The summed E-state index contributed by atoms with van der Waals surface area (Å²) in [6.07, 6.45) is 0. The van der Waals surface area contributed by atoms with Gasteiger partial charge in [0.25, 0.3) is 0 Å². The summed E-state index contributed by atoms with van der Waals surface area (Å²) >= 11 is 0. The number of nitrogens with one attached hydrogen (secondary N) is 1. The predicted octanol–water partition coefficient (Wildman–Crippen LogP) is 6.11. The monoisotopic (exact) mass is 405 g/mol. The van der Waals surface area contributed by atoms with Gasteiger partial charge in [-0.25, -0.2) is 4.39 Å². The molecule has 1 atom stereocenters. The average Bonchev–Trinajstić information content (AvgIpc) is 2.86. The van der Waals surface area contributed by atoms with Crippen LogP contribution in [-0.4, -0.2) is 6.04 Å². The van der Waals surface area contributed by atoms with Gasteiger partial charge in [-0.15, -0.1) is 0 Å². The lowest BCUT2D eigenvalue weighted by Crippen LogP contribution is -2.45. The van der Waals surface area contributed by atoms with E-state index in [2.05, 4.69) is 17.2 Å². The van der Waals surface area contributed by atoms with Crippen LogP contribution in [0.15, 0.2) is 121 Å². The summed E-state index contributed by atoms with van der Waals surface area (Å²) in [6.45, 7) is 0.514. The number of alkyl halides is 1. The predicted molar refractivity (Wildman–Crippen MR) is 125 cm³/mol. The Morgan fingerprint density at radius 3 is 1.61 bits per heavy atom. The van der Waals surface area contributed by atoms with Crippen LogP contribution in [0.5, 0.6) is 0 Å². The maximum atomic E-state index is 17.2. The first-order valence-corrected chi connectivity index (χ1v) is 10.4. The Morgan fingerprint density at radius 2 is 1.10 bits per heavy atom. The zero-order chi connectivity index (χ0) is 21.4. The molecule has 0 aromatic heterocycles. The first kappa shape index (κ1) is 20.6. The van der Waals surface area contributed by atoms with Gasteiger partial charge in [-0.1, -0.05) is 121 Å². The topological polar surface area (TPSA) is 12.0 Å². The summed E-state index contributed by atoms with van der Waals surface area (Å²) < 4.78 is 17.2. The minimum absolute atomic E-state index is 0.514. The molecule has 0 saturated carbocycles. The first-order chi connectivity index (χ1) is 15.3. The molecule has 4 aromatic carbocycles. The van der Waals surface area contributed by atoms with E-state index in [4.69, 9.17) is 0 Å². The van der Waals surface area contributed by atoms with E-state index in [0.717, 1.165) is 11.1 Å². The van der Waals surface area contributed by atoms with Gasteiger partial charge in [0.05, 0.1) is 0 Å². The van der Waals surface area contributed by atoms with Crippen molar-refractivity contribution in [3.05, 3.63) is 144 Å². The van der Waals surface area contributed by atoms with Crippen LogP contribution in [0, 0.1) is 11.8 Å². The minimum Gasteiger partial charge on any atom is -0.296 e. The zero-order valence-electron chi connectivity index (χ0n) is 17.2. The van der Waals surface area contributed by atoms with Crippen molar-refractivity contribution in [3.8, 4) is 11.8 Å². The highest BCUT2D eigenvalue weighted by Gasteiger charge is 2.42. The molecular weight excluding hydrogens is 381 g/mol. The van der Waals surface area contributed by atoms with Gasteiger partial charge in [-0.05, 0) is 28.8 Å². The molecule has 4 rings (SSSR count). The summed E-state index contributed by atoms with van der Waals surface area (Å²) in [4.78, 5) is 0. The van der Waals surface area contributed by atoms with Gasteiger partial charge in [-0.3, -0.25) is 5.32 Å². The van der Waals surface area contributed by atoms with Crippen LogP contribution in [0.2, 0.25) is 0 Å². The number of benzene rings is 4. The zero-order valence-corrected chi connectivity index (χ0v) is 17.2. The van der Waals surface area contributed by atoms with Gasteiger partial charge >= 0.3 is 0 Å². The molecule has 0 radical (unpaired) electrons. The fourth-order valence-electron chi connectivity index (χ4n) is 3.65. The lowest BCUT2D eigenvalue weighted by Gasteiger charge is -2.32. The molecule has 0 fully saturated rings. The van der Waals surface area contributed by atoms with E-state index in [1.165, 1.54) is 0 Å². The van der Waals surface area contributed by atoms with Crippen LogP contribution >= 0.6 is 0 Å². The van der Waals surface area contributed by atoms with Crippen molar-refractivity contribution in [1.29, 1.82) is 0 Å². The Kier molecular flexibility index (Phi) is 6.57. The number of halogens is 1. The summed E-state index contributed by atoms with van der Waals surface area (Å²) in [5.74, 6) is 6.38. The van der Waals surface area contributed by atoms with E-state index in [1.807, 2.05) is 121 Å². The summed E-state index contributed by atoms with van der Waals surface area (Å²) in [5, 5.41) is 3.40. The van der Waals surface area contributed by atoms with Crippen molar-refractivity contribution in [1.82, 2.24) is 5.32 Å². The largest absolute Gasteiger partial charge is 0.296 e. The molecule has 152 valence electrons. The number of hydrogen-bond acceptors (Lipinski definition) is 1. The molecule has 1 N–H and O–H groups in total. The number of rotatable bonds is 6. The van der Waals surface area contributed by atoms with E-state index in [0.29, 0.717) is 17.7 Å². The number of hydrogen-bond donors (Lipinski definition) is 1. The lowest BCUT2D eigenvalue weighted by atomic mass is 9.81. The van der Waals surface area contributed by atoms with Gasteiger partial charge in [0.2, 0.25) is 0 Å². The Morgan fingerprint density at radius 1 is 0.645 bits per heavy atom. The average molecular weight is 406 g/mol. The molecule has 0 aliphatic rings. The molecule has 0 heterocycles. The fraction of sp³-hybridized carbons (Fsp3) is 0.103. The quantitative estimate of drug-likeness (QED) is 0.382. The molecule has 0 amide bonds. The van der Waals surface area contributed by atoms with Crippen LogP contribution in [-0.2, 0) is 12.2 Å². The summed E-state index contributed by atoms with van der Waals surface area (Å²) in [6, 6.07) is 37.5. The molecule has 2 heteroatoms. The molecule has 0 bridgehead atoms. The lowest BCUT2D eigenvalue weighted by molar-refractivity contribution is 0.180. The van der Waals surface area contributed by atoms with Crippen LogP contribution in [0.1, 0.15) is 22.3 Å². The highest BCUT2D eigenvalue weighted by Crippen LogP contribution is 2.37. The van der Waals surface area contributed by atoms with Crippen molar-refractivity contribution < 1.29 is 4.39 Å². The van der Waals surface area contributed by atoms with E-state index in [-0.39, 0.29) is 0 Å². The molecule has 1 nitrogen and oxygen atoms in total. The first-order valence-electron chi connectivity index (χ1n) is 10.4. The fourth-order valence-corrected chi connectivity index (χ4v) is 3.65. The third-order valence-corrected chi connectivity index (χ3v) is 5.27. The van der Waals surface area contributed by atoms with Crippen molar-refractivity contribution in [2.24, 2.45) is 0 Å².